The SMILES string of the molecule is COCCCCNS(=O)(=O)c1c(C)csc1C(=O)O. The zero-order valence-corrected chi connectivity index (χ0v) is 12.4. The Morgan fingerprint density at radius 3 is 2.74 bits per heavy atom. The summed E-state index contributed by atoms with van der Waals surface area (Å²) >= 11 is 0.920. The van der Waals surface area contributed by atoms with E-state index >= 15 is 0 Å². The highest BCUT2D eigenvalue weighted by Crippen LogP contribution is 2.26. The van der Waals surface area contributed by atoms with Crippen molar-refractivity contribution in [3.05, 3.63) is 15.8 Å². The molecule has 2 N–H and O–H groups in total. The highest BCUT2D eigenvalue weighted by atomic mass is 32.2. The lowest BCUT2D eigenvalue weighted by Crippen LogP contribution is -2.26. The number of ether oxygens (including phenoxy) is 1. The lowest BCUT2D eigenvalue weighted by Gasteiger charge is -2.07. The van der Waals surface area contributed by atoms with Gasteiger partial charge in [0.1, 0.15) is 9.77 Å². The lowest BCUT2D eigenvalue weighted by atomic mass is 10.3. The summed E-state index contributed by atoms with van der Waals surface area (Å²) in [5, 5.41) is 10.5. The molecule has 0 fully saturated rings. The summed E-state index contributed by atoms with van der Waals surface area (Å²) in [7, 11) is -2.19. The Hall–Kier alpha value is -0.960. The molecule has 1 aromatic heterocycles. The number of unbranched alkanes of at least 4 members (excludes halogenated alkanes) is 1. The van der Waals surface area contributed by atoms with Gasteiger partial charge >= 0.3 is 5.97 Å². The zero-order valence-electron chi connectivity index (χ0n) is 10.8. The minimum Gasteiger partial charge on any atom is -0.477 e. The van der Waals surface area contributed by atoms with E-state index < -0.39 is 16.0 Å². The number of carboxylic acids is 1. The predicted molar refractivity (Wildman–Crippen MR) is 72.3 cm³/mol. The summed E-state index contributed by atoms with van der Waals surface area (Å²) in [6, 6.07) is 0. The fraction of sp³-hybridized carbons (Fsp3) is 0.545. The second kappa shape index (κ2) is 6.99. The molecule has 0 unspecified atom stereocenters. The Labute approximate surface area is 116 Å². The predicted octanol–water partition coefficient (Wildman–Crippen LogP) is 1.46. The fourth-order valence-electron chi connectivity index (χ4n) is 1.57. The van der Waals surface area contributed by atoms with Gasteiger partial charge in [-0.2, -0.15) is 0 Å². The average Bonchev–Trinajstić information content (AvgIpc) is 2.71. The molecule has 0 saturated heterocycles. The molecule has 19 heavy (non-hydrogen) atoms. The standard InChI is InChI=1S/C11H17NO5S2/c1-8-7-18-9(11(13)14)10(8)19(15,16)12-5-3-4-6-17-2/h7,12H,3-6H2,1-2H3,(H,13,14). The van der Waals surface area contributed by atoms with Crippen LogP contribution in [0.15, 0.2) is 10.3 Å². The van der Waals surface area contributed by atoms with Gasteiger partial charge in [0.15, 0.2) is 0 Å². The first-order valence-electron chi connectivity index (χ1n) is 5.70. The lowest BCUT2D eigenvalue weighted by molar-refractivity contribution is 0.0698. The van der Waals surface area contributed by atoms with Crippen molar-refractivity contribution >= 4 is 27.3 Å². The number of methoxy groups -OCH3 is 1. The Morgan fingerprint density at radius 1 is 1.47 bits per heavy atom. The third-order valence-electron chi connectivity index (χ3n) is 2.45. The van der Waals surface area contributed by atoms with Crippen molar-refractivity contribution in [2.24, 2.45) is 0 Å². The molecule has 0 bridgehead atoms. The molecular formula is C11H17NO5S2. The van der Waals surface area contributed by atoms with Gasteiger partial charge in [-0.1, -0.05) is 0 Å². The minimum absolute atomic E-state index is 0.128. The van der Waals surface area contributed by atoms with E-state index in [4.69, 9.17) is 9.84 Å². The number of rotatable bonds is 8. The quantitative estimate of drug-likeness (QED) is 0.709. The van der Waals surface area contributed by atoms with E-state index in [1.54, 1.807) is 14.0 Å². The Morgan fingerprint density at radius 2 is 2.16 bits per heavy atom. The van der Waals surface area contributed by atoms with Crippen molar-refractivity contribution in [3.63, 3.8) is 0 Å². The topological polar surface area (TPSA) is 92.7 Å². The number of hydrogen-bond donors (Lipinski definition) is 2. The summed E-state index contributed by atoms with van der Waals surface area (Å²) in [6.07, 6.45) is 1.38. The van der Waals surface area contributed by atoms with Crippen LogP contribution in [0.4, 0.5) is 0 Å². The summed E-state index contributed by atoms with van der Waals surface area (Å²) in [6.45, 7) is 2.42. The molecule has 1 aromatic rings. The van der Waals surface area contributed by atoms with Gasteiger partial charge in [-0.15, -0.1) is 11.3 Å². The van der Waals surface area contributed by atoms with Crippen molar-refractivity contribution in [1.82, 2.24) is 4.72 Å². The van der Waals surface area contributed by atoms with Crippen LogP contribution in [0.5, 0.6) is 0 Å². The molecule has 0 aliphatic heterocycles. The van der Waals surface area contributed by atoms with E-state index in [0.29, 0.717) is 18.6 Å². The van der Waals surface area contributed by atoms with E-state index in [-0.39, 0.29) is 16.3 Å². The number of carboxylic acid groups (broad SMARTS) is 1. The van der Waals surface area contributed by atoms with Crippen LogP contribution in [0.1, 0.15) is 28.1 Å². The van der Waals surface area contributed by atoms with Crippen molar-refractivity contribution in [2.75, 3.05) is 20.3 Å². The molecule has 6 nitrogen and oxygen atoms in total. The Bertz CT molecular complexity index is 535. The van der Waals surface area contributed by atoms with E-state index in [2.05, 4.69) is 4.72 Å². The summed E-state index contributed by atoms with van der Waals surface area (Å²) in [5.74, 6) is -1.22. The van der Waals surface area contributed by atoms with Gasteiger partial charge in [0, 0.05) is 20.3 Å². The van der Waals surface area contributed by atoms with Gasteiger partial charge in [0.2, 0.25) is 10.0 Å². The van der Waals surface area contributed by atoms with E-state index in [1.165, 1.54) is 5.38 Å². The van der Waals surface area contributed by atoms with Gasteiger partial charge in [-0.3, -0.25) is 0 Å². The maximum atomic E-state index is 12.1. The number of carbonyl (C=O) groups is 1. The van der Waals surface area contributed by atoms with Crippen molar-refractivity contribution in [2.45, 2.75) is 24.7 Å². The highest BCUT2D eigenvalue weighted by Gasteiger charge is 2.26. The molecule has 0 aromatic carbocycles. The maximum Gasteiger partial charge on any atom is 0.347 e. The van der Waals surface area contributed by atoms with Crippen LogP contribution >= 0.6 is 11.3 Å². The molecule has 0 spiro atoms. The monoisotopic (exact) mass is 307 g/mol. The second-order valence-corrected chi connectivity index (χ2v) is 6.56. The minimum atomic E-state index is -3.77. The molecule has 0 radical (unpaired) electrons. The summed E-state index contributed by atoms with van der Waals surface area (Å²) < 4.78 is 31.4. The Balaban J connectivity index is 2.77. The van der Waals surface area contributed by atoms with Crippen molar-refractivity contribution in [3.8, 4) is 0 Å². The smallest absolute Gasteiger partial charge is 0.347 e. The van der Waals surface area contributed by atoms with Crippen LogP contribution in [0.2, 0.25) is 0 Å². The van der Waals surface area contributed by atoms with Crippen LogP contribution in [0, 0.1) is 6.92 Å². The summed E-state index contributed by atoms with van der Waals surface area (Å²) in [4.78, 5) is 10.7. The average molecular weight is 307 g/mol. The molecule has 0 amide bonds. The van der Waals surface area contributed by atoms with E-state index in [0.717, 1.165) is 17.8 Å². The first-order chi connectivity index (χ1) is 8.90. The van der Waals surface area contributed by atoms with Crippen LogP contribution in [-0.2, 0) is 14.8 Å². The highest BCUT2D eigenvalue weighted by molar-refractivity contribution is 7.89. The first-order valence-corrected chi connectivity index (χ1v) is 8.06. The number of aryl methyl sites for hydroxylation is 1. The third kappa shape index (κ3) is 4.27. The first kappa shape index (κ1) is 16.1. The molecule has 108 valence electrons. The van der Waals surface area contributed by atoms with Crippen LogP contribution in [0.25, 0.3) is 0 Å². The van der Waals surface area contributed by atoms with Crippen molar-refractivity contribution in [1.29, 1.82) is 0 Å². The van der Waals surface area contributed by atoms with Gasteiger partial charge in [-0.25, -0.2) is 17.9 Å². The number of hydrogen-bond acceptors (Lipinski definition) is 5. The van der Waals surface area contributed by atoms with Gasteiger partial charge in [-0.05, 0) is 30.7 Å². The van der Waals surface area contributed by atoms with E-state index in [9.17, 15) is 13.2 Å². The number of aromatic carboxylic acids is 1. The maximum absolute atomic E-state index is 12.1. The molecule has 1 rings (SSSR count). The number of thiophene rings is 1. The zero-order chi connectivity index (χ0) is 14.5. The van der Waals surface area contributed by atoms with Crippen LogP contribution in [-0.4, -0.2) is 39.8 Å². The summed E-state index contributed by atoms with van der Waals surface area (Å²) in [5.41, 5.74) is 0.451. The molecule has 0 aliphatic rings. The Kier molecular flexibility index (Phi) is 5.92. The third-order valence-corrected chi connectivity index (χ3v) is 5.31. The van der Waals surface area contributed by atoms with Crippen LogP contribution < -0.4 is 4.72 Å². The molecule has 0 aliphatic carbocycles. The molecule has 0 atom stereocenters. The largest absolute Gasteiger partial charge is 0.477 e. The molecule has 8 heteroatoms. The van der Waals surface area contributed by atoms with Gasteiger partial charge in [0.25, 0.3) is 0 Å². The number of sulfonamides is 1. The second-order valence-electron chi connectivity index (χ2n) is 3.98. The van der Waals surface area contributed by atoms with Crippen LogP contribution in [0.3, 0.4) is 0 Å². The normalized spacial score (nSPS) is 11.7. The molecule has 1 heterocycles. The van der Waals surface area contributed by atoms with Gasteiger partial charge < -0.3 is 9.84 Å². The molecule has 0 saturated carbocycles. The van der Waals surface area contributed by atoms with Crippen molar-refractivity contribution < 1.29 is 23.1 Å². The number of nitrogens with one attached hydrogen (secondary N) is 1. The van der Waals surface area contributed by atoms with Gasteiger partial charge in [0.05, 0.1) is 0 Å². The molecular weight excluding hydrogens is 290 g/mol. The van der Waals surface area contributed by atoms with E-state index in [1.807, 2.05) is 0 Å². The fourth-order valence-corrected chi connectivity index (χ4v) is 4.27.